The van der Waals surface area contributed by atoms with E-state index in [9.17, 15) is 43.5 Å². The van der Waals surface area contributed by atoms with Crippen molar-refractivity contribution in [2.45, 2.75) is 59.2 Å². The van der Waals surface area contributed by atoms with Gasteiger partial charge >= 0.3 is 41.8 Å². The van der Waals surface area contributed by atoms with E-state index in [4.69, 9.17) is 37.9 Å². The molecule has 0 spiro atoms. The molecule has 0 heterocycles. The lowest BCUT2D eigenvalue weighted by Gasteiger charge is -2.12. The lowest BCUT2D eigenvalue weighted by Crippen LogP contribution is -2.19. The number of rotatable bonds is 24. The molecule has 0 saturated carbocycles. The monoisotopic (exact) mass is 993 g/mol. The Bertz CT molecular complexity index is 2660. The zero-order valence-electron chi connectivity index (χ0n) is 40.7. The number of allylic oxidation sites excluding steroid dienone is 4. The molecule has 2 N–H and O–H groups in total. The van der Waals surface area contributed by atoms with E-state index in [0.717, 1.165) is 6.08 Å². The molecule has 1 atom stereocenters. The molecule has 0 aliphatic heterocycles. The van der Waals surface area contributed by atoms with E-state index in [2.05, 4.69) is 38.2 Å². The fourth-order valence-corrected chi connectivity index (χ4v) is 5.55. The maximum Gasteiger partial charge on any atom is 0.343 e. The number of ether oxygens (including phenoxy) is 8. The third-order valence-corrected chi connectivity index (χ3v) is 9.15. The Morgan fingerprint density at radius 3 is 1.60 bits per heavy atom. The molecule has 0 bridgehead atoms. The van der Waals surface area contributed by atoms with Crippen molar-refractivity contribution < 1.29 is 81.4 Å². The van der Waals surface area contributed by atoms with Gasteiger partial charge in [0.25, 0.3) is 0 Å². The first-order valence-electron chi connectivity index (χ1n) is 22.2. The van der Waals surface area contributed by atoms with Gasteiger partial charge in [-0.2, -0.15) is 0 Å². The van der Waals surface area contributed by atoms with Crippen molar-refractivity contribution in [3.8, 4) is 11.5 Å². The molecule has 0 aliphatic rings. The minimum atomic E-state index is -1.26. The average Bonchev–Trinajstić information content (AvgIpc) is 3.38. The zero-order valence-corrected chi connectivity index (χ0v) is 40.7. The van der Waals surface area contributed by atoms with Crippen LogP contribution >= 0.6 is 0 Å². The second-order valence-electron chi connectivity index (χ2n) is 14.6. The van der Waals surface area contributed by atoms with Crippen LogP contribution in [0.4, 0.5) is 0 Å². The summed E-state index contributed by atoms with van der Waals surface area (Å²) in [6.45, 7) is 20.9. The maximum absolute atomic E-state index is 13.0. The van der Waals surface area contributed by atoms with Crippen LogP contribution in [-0.2, 0) is 57.2 Å². The summed E-state index contributed by atoms with van der Waals surface area (Å²) in [5, 5.41) is 15.0. The van der Waals surface area contributed by atoms with Crippen molar-refractivity contribution in [2.75, 3.05) is 33.5 Å². The first-order valence-corrected chi connectivity index (χ1v) is 22.2. The van der Waals surface area contributed by atoms with Crippen LogP contribution in [0.1, 0.15) is 73.6 Å². The topological polar surface area (TPSA) is 243 Å². The SMILES string of the molecule is C=C.C=C(C)C(=O)NC.C=CC(=O)OCCOC(O)CCC(=O)Oc1ccc2cc(C(=O)O/C(C=C)=C/C=C(\C)OC(=O)c3ccc4cc(OC(=O)CCC(=O)OCCOC(=O)CC)ccc4c3)ccc2c1. The van der Waals surface area contributed by atoms with E-state index >= 15 is 0 Å². The smallest absolute Gasteiger partial charge is 0.343 e. The van der Waals surface area contributed by atoms with Crippen molar-refractivity contribution in [2.24, 2.45) is 0 Å². The molecule has 0 fully saturated rings. The number of aliphatic hydroxyl groups is 1. The third kappa shape index (κ3) is 22.3. The van der Waals surface area contributed by atoms with Crippen LogP contribution in [0.5, 0.6) is 11.5 Å². The highest BCUT2D eigenvalue weighted by Gasteiger charge is 2.16. The van der Waals surface area contributed by atoms with Gasteiger partial charge in [0.2, 0.25) is 5.91 Å². The molecular formula is C54H59NO17. The Kier molecular flexibility index (Phi) is 26.8. The van der Waals surface area contributed by atoms with Crippen LogP contribution in [-0.4, -0.2) is 92.6 Å². The van der Waals surface area contributed by atoms with Crippen LogP contribution in [0.3, 0.4) is 0 Å². The van der Waals surface area contributed by atoms with Gasteiger partial charge in [0.1, 0.15) is 42.8 Å². The first kappa shape index (κ1) is 59.6. The van der Waals surface area contributed by atoms with E-state index in [1.807, 2.05) is 0 Å². The van der Waals surface area contributed by atoms with Gasteiger partial charge in [-0.05, 0) is 102 Å². The van der Waals surface area contributed by atoms with Gasteiger partial charge in [-0.1, -0.05) is 50.9 Å². The predicted octanol–water partition coefficient (Wildman–Crippen LogP) is 8.02. The summed E-state index contributed by atoms with van der Waals surface area (Å²) >= 11 is 0. The second kappa shape index (κ2) is 32.4. The van der Waals surface area contributed by atoms with Gasteiger partial charge in [-0.25, -0.2) is 14.4 Å². The van der Waals surface area contributed by atoms with Crippen molar-refractivity contribution in [1.82, 2.24) is 5.32 Å². The second-order valence-corrected chi connectivity index (χ2v) is 14.6. The first-order chi connectivity index (χ1) is 34.4. The molecule has 1 unspecified atom stereocenters. The average molecular weight is 994 g/mol. The number of esters is 7. The lowest BCUT2D eigenvalue weighted by atomic mass is 10.1. The summed E-state index contributed by atoms with van der Waals surface area (Å²) in [6.07, 6.45) is 3.52. The molecule has 1 amide bonds. The number of carbonyl (C=O) groups excluding carboxylic acids is 8. The number of fused-ring (bicyclic) bond motifs is 2. The van der Waals surface area contributed by atoms with Gasteiger partial charge in [-0.3, -0.25) is 24.0 Å². The summed E-state index contributed by atoms with van der Waals surface area (Å²) in [4.78, 5) is 95.0. The molecule has 4 aromatic carbocycles. The molecule has 4 rings (SSSR count). The number of hydrogen-bond donors (Lipinski definition) is 2. The molecule has 18 nitrogen and oxygen atoms in total. The van der Waals surface area contributed by atoms with Crippen LogP contribution in [0.15, 0.2) is 147 Å². The van der Waals surface area contributed by atoms with Gasteiger partial charge < -0.3 is 48.3 Å². The Hall–Kier alpha value is -8.48. The minimum Gasteiger partial charge on any atom is -0.462 e. The number of benzene rings is 4. The van der Waals surface area contributed by atoms with Crippen LogP contribution in [0, 0.1) is 0 Å². The maximum atomic E-state index is 13.0. The molecule has 0 saturated heterocycles. The Morgan fingerprint density at radius 1 is 0.611 bits per heavy atom. The van der Waals surface area contributed by atoms with E-state index in [-0.39, 0.29) is 98.6 Å². The minimum absolute atomic E-state index is 0.0394. The quantitative estimate of drug-likeness (QED) is 0.00777. The predicted molar refractivity (Wildman–Crippen MR) is 266 cm³/mol. The van der Waals surface area contributed by atoms with Crippen LogP contribution < -0.4 is 14.8 Å². The van der Waals surface area contributed by atoms with E-state index in [1.54, 1.807) is 94.5 Å². The molecule has 4 aromatic rings. The standard InChI is InChI=1S/C47H46O16.C5H9NO.C2H4/c1-5-37(63-47(55)36-12-10-34-29-39(17-14-32(34)27-36)62-45(53)21-19-43(51)59-25-23-57-41(49)7-3)15-8-30(4)60-46(54)35-11-9-33-28-38(16-13-31(33)26-35)61-44(52)20-18-42(50)58-24-22-56-40(48)6-2;1-4(2)5(7)6-3;1-2/h5,7-17,26-29,43,51H,1,3,6,18-25H2,2,4H3;1H2,2-3H3,(H,6,7);1-2H2/b30-8+,37-15+;;. The van der Waals surface area contributed by atoms with Crippen molar-refractivity contribution >= 4 is 69.2 Å². The number of amides is 1. The number of nitrogens with one attached hydrogen (secondary N) is 1. The number of carbonyl (C=O) groups is 8. The van der Waals surface area contributed by atoms with E-state index in [1.165, 1.54) is 24.3 Å². The molecular weight excluding hydrogens is 935 g/mol. The van der Waals surface area contributed by atoms with Crippen LogP contribution in [0.25, 0.3) is 21.5 Å². The summed E-state index contributed by atoms with van der Waals surface area (Å²) in [6, 6.07) is 19.3. The molecule has 0 aromatic heterocycles. The molecule has 0 aliphatic carbocycles. The highest BCUT2D eigenvalue weighted by Crippen LogP contribution is 2.25. The van der Waals surface area contributed by atoms with Crippen molar-refractivity contribution in [3.63, 3.8) is 0 Å². The normalized spacial score (nSPS) is 11.1. The van der Waals surface area contributed by atoms with Gasteiger partial charge in [0.15, 0.2) is 6.29 Å². The largest absolute Gasteiger partial charge is 0.462 e. The molecule has 0 radical (unpaired) electrons. The fourth-order valence-electron chi connectivity index (χ4n) is 5.55. The molecule has 18 heteroatoms. The Labute approximate surface area is 417 Å². The number of likely N-dealkylation sites (N-methyl/N-ethyl adjacent to an activating group) is 1. The summed E-state index contributed by atoms with van der Waals surface area (Å²) in [5.74, 6) is -3.57. The zero-order chi connectivity index (χ0) is 53.6. The molecule has 382 valence electrons. The third-order valence-electron chi connectivity index (χ3n) is 9.15. The van der Waals surface area contributed by atoms with Gasteiger partial charge in [0.05, 0.1) is 37.0 Å². The number of aliphatic hydroxyl groups excluding tert-OH is 1. The summed E-state index contributed by atoms with van der Waals surface area (Å²) in [7, 11) is 1.58. The number of hydrogen-bond acceptors (Lipinski definition) is 17. The van der Waals surface area contributed by atoms with E-state index in [0.29, 0.717) is 27.1 Å². The highest BCUT2D eigenvalue weighted by molar-refractivity contribution is 5.97. The summed E-state index contributed by atoms with van der Waals surface area (Å²) < 4.78 is 41.3. The van der Waals surface area contributed by atoms with Crippen molar-refractivity contribution in [1.29, 1.82) is 0 Å². The Balaban J connectivity index is 0.00000181. The van der Waals surface area contributed by atoms with Gasteiger partial charge in [0, 0.05) is 31.5 Å². The van der Waals surface area contributed by atoms with Gasteiger partial charge in [-0.15, -0.1) is 13.2 Å². The molecule has 72 heavy (non-hydrogen) atoms. The fraction of sp³-hybridized carbons (Fsp3) is 0.259. The Morgan fingerprint density at radius 2 is 1.10 bits per heavy atom. The highest BCUT2D eigenvalue weighted by atomic mass is 16.6. The van der Waals surface area contributed by atoms with E-state index < -0.39 is 48.1 Å². The van der Waals surface area contributed by atoms with Crippen LogP contribution in [0.2, 0.25) is 0 Å². The van der Waals surface area contributed by atoms with Crippen molar-refractivity contribution in [3.05, 3.63) is 158 Å². The lowest BCUT2D eigenvalue weighted by molar-refractivity contribution is -0.153. The summed E-state index contributed by atoms with van der Waals surface area (Å²) in [5.41, 5.74) is 1.01.